The summed E-state index contributed by atoms with van der Waals surface area (Å²) in [6.07, 6.45) is 0.899. The molecule has 0 atom stereocenters. The SMILES string of the molecule is Cc1ccc(-c2nc(C)sc2CCCl)cc1. The summed E-state index contributed by atoms with van der Waals surface area (Å²) in [4.78, 5) is 5.88. The molecule has 0 saturated heterocycles. The first-order valence-corrected chi connectivity index (χ1v) is 6.65. The predicted molar refractivity (Wildman–Crippen MR) is 71.4 cm³/mol. The summed E-state index contributed by atoms with van der Waals surface area (Å²) in [5, 5.41) is 1.11. The second kappa shape index (κ2) is 4.98. The van der Waals surface area contributed by atoms with Crippen LogP contribution in [0.2, 0.25) is 0 Å². The summed E-state index contributed by atoms with van der Waals surface area (Å²) >= 11 is 7.55. The third-order valence-corrected chi connectivity index (χ3v) is 3.67. The Morgan fingerprint density at radius 1 is 1.19 bits per heavy atom. The van der Waals surface area contributed by atoms with Crippen molar-refractivity contribution >= 4 is 22.9 Å². The third-order valence-electron chi connectivity index (χ3n) is 2.45. The van der Waals surface area contributed by atoms with Crippen LogP contribution in [0.3, 0.4) is 0 Å². The normalized spacial score (nSPS) is 10.7. The maximum atomic E-state index is 5.81. The van der Waals surface area contributed by atoms with Gasteiger partial charge in [-0.15, -0.1) is 22.9 Å². The molecule has 0 aliphatic rings. The second-order valence-electron chi connectivity index (χ2n) is 3.81. The summed E-state index contributed by atoms with van der Waals surface area (Å²) in [5.41, 5.74) is 3.56. The van der Waals surface area contributed by atoms with E-state index in [2.05, 4.69) is 36.2 Å². The highest BCUT2D eigenvalue weighted by Crippen LogP contribution is 2.28. The number of aryl methyl sites for hydroxylation is 3. The minimum Gasteiger partial charge on any atom is -0.241 e. The lowest BCUT2D eigenvalue weighted by Gasteiger charge is -2.01. The molecule has 0 saturated carbocycles. The minimum absolute atomic E-state index is 0.653. The van der Waals surface area contributed by atoms with Crippen LogP contribution in [0.5, 0.6) is 0 Å². The zero-order chi connectivity index (χ0) is 11.5. The highest BCUT2D eigenvalue weighted by Gasteiger charge is 2.10. The molecule has 0 unspecified atom stereocenters. The van der Waals surface area contributed by atoms with Crippen LogP contribution < -0.4 is 0 Å². The van der Waals surface area contributed by atoms with Crippen molar-refractivity contribution < 1.29 is 0 Å². The van der Waals surface area contributed by atoms with Gasteiger partial charge in [0.15, 0.2) is 0 Å². The fourth-order valence-electron chi connectivity index (χ4n) is 1.66. The second-order valence-corrected chi connectivity index (χ2v) is 5.48. The van der Waals surface area contributed by atoms with Gasteiger partial charge < -0.3 is 0 Å². The molecule has 3 heteroatoms. The number of halogens is 1. The van der Waals surface area contributed by atoms with Gasteiger partial charge in [0.25, 0.3) is 0 Å². The molecule has 0 N–H and O–H groups in total. The lowest BCUT2D eigenvalue weighted by molar-refractivity contribution is 1.17. The van der Waals surface area contributed by atoms with Crippen molar-refractivity contribution in [3.63, 3.8) is 0 Å². The maximum absolute atomic E-state index is 5.81. The van der Waals surface area contributed by atoms with Gasteiger partial charge in [0.1, 0.15) is 0 Å². The average Bonchev–Trinajstić information content (AvgIpc) is 2.61. The van der Waals surface area contributed by atoms with Crippen LogP contribution in [0.15, 0.2) is 24.3 Å². The van der Waals surface area contributed by atoms with Crippen molar-refractivity contribution in [3.8, 4) is 11.3 Å². The average molecular weight is 252 g/mol. The smallest absolute Gasteiger partial charge is 0.0904 e. The number of benzene rings is 1. The van der Waals surface area contributed by atoms with Crippen molar-refractivity contribution in [2.24, 2.45) is 0 Å². The van der Waals surface area contributed by atoms with Gasteiger partial charge in [-0.25, -0.2) is 4.98 Å². The molecule has 0 aliphatic carbocycles. The molecule has 0 fully saturated rings. The van der Waals surface area contributed by atoms with E-state index < -0.39 is 0 Å². The van der Waals surface area contributed by atoms with E-state index in [4.69, 9.17) is 11.6 Å². The van der Waals surface area contributed by atoms with Crippen molar-refractivity contribution in [2.75, 3.05) is 5.88 Å². The number of alkyl halides is 1. The molecule has 0 radical (unpaired) electrons. The number of aromatic nitrogens is 1. The Kier molecular flexibility index (Phi) is 3.62. The summed E-state index contributed by atoms with van der Waals surface area (Å²) in [6, 6.07) is 8.49. The molecule has 0 spiro atoms. The molecule has 0 amide bonds. The van der Waals surface area contributed by atoms with Crippen LogP contribution in [0.25, 0.3) is 11.3 Å². The molecule has 0 aliphatic heterocycles. The predicted octanol–water partition coefficient (Wildman–Crippen LogP) is 4.21. The van der Waals surface area contributed by atoms with Crippen LogP contribution >= 0.6 is 22.9 Å². The summed E-state index contributed by atoms with van der Waals surface area (Å²) in [7, 11) is 0. The van der Waals surface area contributed by atoms with Gasteiger partial charge >= 0.3 is 0 Å². The van der Waals surface area contributed by atoms with Gasteiger partial charge in [0, 0.05) is 16.3 Å². The molecular weight excluding hydrogens is 238 g/mol. The molecule has 1 aromatic carbocycles. The fourth-order valence-corrected chi connectivity index (χ4v) is 2.92. The van der Waals surface area contributed by atoms with Gasteiger partial charge in [0.2, 0.25) is 0 Å². The Balaban J connectivity index is 2.42. The van der Waals surface area contributed by atoms with Crippen LogP contribution in [0, 0.1) is 13.8 Å². The van der Waals surface area contributed by atoms with Gasteiger partial charge in [-0.05, 0) is 20.3 Å². The van der Waals surface area contributed by atoms with Crippen LogP contribution in [0.1, 0.15) is 15.4 Å². The van der Waals surface area contributed by atoms with Gasteiger partial charge in [0.05, 0.1) is 10.7 Å². The van der Waals surface area contributed by atoms with E-state index in [0.29, 0.717) is 5.88 Å². The molecule has 2 rings (SSSR count). The standard InChI is InChI=1S/C13H14ClNS/c1-9-3-5-11(6-4-9)13-12(7-8-14)16-10(2)15-13/h3-6H,7-8H2,1-2H3. The minimum atomic E-state index is 0.653. The van der Waals surface area contributed by atoms with Crippen LogP contribution in [-0.4, -0.2) is 10.9 Å². The molecule has 16 heavy (non-hydrogen) atoms. The molecule has 1 nitrogen and oxygen atoms in total. The summed E-state index contributed by atoms with van der Waals surface area (Å²) < 4.78 is 0. The zero-order valence-electron chi connectivity index (χ0n) is 9.46. The Bertz CT molecular complexity index is 473. The number of hydrogen-bond acceptors (Lipinski definition) is 2. The first kappa shape index (κ1) is 11.6. The van der Waals surface area contributed by atoms with E-state index in [1.54, 1.807) is 11.3 Å². The molecular formula is C13H14ClNS. The third kappa shape index (κ3) is 2.45. The molecule has 2 aromatic rings. The van der Waals surface area contributed by atoms with Gasteiger partial charge in [-0.2, -0.15) is 0 Å². The lowest BCUT2D eigenvalue weighted by atomic mass is 10.1. The topological polar surface area (TPSA) is 12.9 Å². The Morgan fingerprint density at radius 2 is 1.88 bits per heavy atom. The van der Waals surface area contributed by atoms with E-state index in [0.717, 1.165) is 17.1 Å². The molecule has 1 aromatic heterocycles. The number of hydrogen-bond donors (Lipinski definition) is 0. The zero-order valence-corrected chi connectivity index (χ0v) is 11.0. The number of rotatable bonds is 3. The molecule has 84 valence electrons. The van der Waals surface area contributed by atoms with E-state index >= 15 is 0 Å². The summed E-state index contributed by atoms with van der Waals surface area (Å²) in [5.74, 6) is 0.653. The highest BCUT2D eigenvalue weighted by molar-refractivity contribution is 7.12. The number of nitrogens with zero attached hydrogens (tertiary/aromatic N) is 1. The Morgan fingerprint density at radius 3 is 2.50 bits per heavy atom. The highest BCUT2D eigenvalue weighted by atomic mass is 35.5. The van der Waals surface area contributed by atoms with Crippen molar-refractivity contribution in [3.05, 3.63) is 39.7 Å². The van der Waals surface area contributed by atoms with E-state index in [1.165, 1.54) is 16.0 Å². The lowest BCUT2D eigenvalue weighted by Crippen LogP contribution is -1.87. The van der Waals surface area contributed by atoms with Gasteiger partial charge in [-0.1, -0.05) is 29.8 Å². The quantitative estimate of drug-likeness (QED) is 0.745. The Labute approximate surface area is 105 Å². The monoisotopic (exact) mass is 251 g/mol. The first-order valence-electron chi connectivity index (χ1n) is 5.30. The largest absolute Gasteiger partial charge is 0.241 e. The first-order chi connectivity index (χ1) is 7.70. The summed E-state index contributed by atoms with van der Waals surface area (Å²) in [6.45, 7) is 4.13. The van der Waals surface area contributed by atoms with E-state index in [-0.39, 0.29) is 0 Å². The van der Waals surface area contributed by atoms with Crippen molar-refractivity contribution in [1.29, 1.82) is 0 Å². The fraction of sp³-hybridized carbons (Fsp3) is 0.308. The van der Waals surface area contributed by atoms with E-state index in [1.807, 2.05) is 6.92 Å². The van der Waals surface area contributed by atoms with Crippen LogP contribution in [0.4, 0.5) is 0 Å². The van der Waals surface area contributed by atoms with Crippen LogP contribution in [-0.2, 0) is 6.42 Å². The molecule has 1 heterocycles. The molecule has 0 bridgehead atoms. The maximum Gasteiger partial charge on any atom is 0.0904 e. The van der Waals surface area contributed by atoms with Crippen molar-refractivity contribution in [2.45, 2.75) is 20.3 Å². The number of thiazole rings is 1. The Hall–Kier alpha value is -0.860. The van der Waals surface area contributed by atoms with E-state index in [9.17, 15) is 0 Å². The van der Waals surface area contributed by atoms with Crippen molar-refractivity contribution in [1.82, 2.24) is 4.98 Å². The van der Waals surface area contributed by atoms with Gasteiger partial charge in [-0.3, -0.25) is 0 Å².